The molecule has 0 aromatic rings. The Kier molecular flexibility index (Phi) is 21.6. The molecule has 1 radical (unpaired) electrons. The van der Waals surface area contributed by atoms with Crippen LogP contribution < -0.4 is 0 Å². The summed E-state index contributed by atoms with van der Waals surface area (Å²) in [6.45, 7) is 14.3. The SMILES string of the molecule is [CH2-]CCN(CCCN(C)C(C)C)CCN(C)C.[W].[Y]. The van der Waals surface area contributed by atoms with Gasteiger partial charge < -0.3 is 21.6 Å². The van der Waals surface area contributed by atoms with Gasteiger partial charge in [-0.05, 0) is 61.0 Å². The molecule has 0 aliphatic carbocycles. The van der Waals surface area contributed by atoms with Gasteiger partial charge in [0.2, 0.25) is 0 Å². The minimum Gasteiger partial charge on any atom is -0.342 e. The summed E-state index contributed by atoms with van der Waals surface area (Å²) in [5.74, 6) is 0. The molecule has 0 amide bonds. The third-order valence-corrected chi connectivity index (χ3v) is 3.20. The van der Waals surface area contributed by atoms with E-state index in [-0.39, 0.29) is 53.8 Å². The topological polar surface area (TPSA) is 9.72 Å². The Morgan fingerprint density at radius 2 is 1.47 bits per heavy atom. The zero-order chi connectivity index (χ0) is 13.3. The van der Waals surface area contributed by atoms with Crippen LogP contribution in [-0.4, -0.2) is 74.6 Å². The van der Waals surface area contributed by atoms with Crippen LogP contribution >= 0.6 is 0 Å². The molecule has 0 saturated carbocycles. The van der Waals surface area contributed by atoms with Crippen molar-refractivity contribution in [1.29, 1.82) is 0 Å². The molecule has 5 heteroatoms. The quantitative estimate of drug-likeness (QED) is 0.412. The second kappa shape index (κ2) is 16.0. The molecule has 0 heterocycles. The maximum Gasteiger partial charge on any atom is 0.0108 e. The summed E-state index contributed by atoms with van der Waals surface area (Å²) >= 11 is 0. The maximum absolute atomic E-state index is 3.96. The van der Waals surface area contributed by atoms with Crippen molar-refractivity contribution in [3.63, 3.8) is 0 Å². The molecular formula is C14H32N3WY-. The predicted octanol–water partition coefficient (Wildman–Crippen LogP) is 1.80. The third kappa shape index (κ3) is 15.9. The van der Waals surface area contributed by atoms with Crippen LogP contribution in [-0.2, 0) is 53.8 Å². The van der Waals surface area contributed by atoms with Crippen LogP contribution in [0.1, 0.15) is 26.7 Å². The van der Waals surface area contributed by atoms with E-state index in [9.17, 15) is 0 Å². The summed E-state index contributed by atoms with van der Waals surface area (Å²) in [7, 11) is 6.47. The summed E-state index contributed by atoms with van der Waals surface area (Å²) in [6, 6.07) is 0.651. The molecule has 0 aromatic heterocycles. The van der Waals surface area contributed by atoms with E-state index in [1.165, 1.54) is 19.5 Å². The van der Waals surface area contributed by atoms with Gasteiger partial charge in [-0.15, -0.1) is 0 Å². The Labute approximate surface area is 161 Å². The fourth-order valence-electron chi connectivity index (χ4n) is 1.70. The molecule has 0 rings (SSSR count). The van der Waals surface area contributed by atoms with E-state index in [0.29, 0.717) is 6.04 Å². The number of hydrogen-bond donors (Lipinski definition) is 0. The molecule has 113 valence electrons. The molecule has 0 spiro atoms. The van der Waals surface area contributed by atoms with Crippen LogP contribution in [0.3, 0.4) is 0 Å². The normalized spacial score (nSPS) is 11.1. The first-order chi connectivity index (χ1) is 7.97. The van der Waals surface area contributed by atoms with Crippen LogP contribution in [0.15, 0.2) is 0 Å². The van der Waals surface area contributed by atoms with Gasteiger partial charge in [0, 0.05) is 72.9 Å². The molecule has 0 aliphatic rings. The van der Waals surface area contributed by atoms with Gasteiger partial charge in [-0.3, -0.25) is 0 Å². The van der Waals surface area contributed by atoms with E-state index in [1.807, 2.05) is 0 Å². The van der Waals surface area contributed by atoms with Crippen LogP contribution in [0.4, 0.5) is 0 Å². The van der Waals surface area contributed by atoms with Crippen molar-refractivity contribution in [3.8, 4) is 0 Å². The average molecular weight is 515 g/mol. The Balaban J connectivity index is -0.00000128. The molecular weight excluding hydrogens is 483 g/mol. The van der Waals surface area contributed by atoms with Crippen molar-refractivity contribution in [1.82, 2.24) is 14.7 Å². The molecule has 0 N–H and O–H groups in total. The van der Waals surface area contributed by atoms with Crippen LogP contribution in [0.5, 0.6) is 0 Å². The van der Waals surface area contributed by atoms with Crippen molar-refractivity contribution in [2.24, 2.45) is 0 Å². The van der Waals surface area contributed by atoms with Crippen molar-refractivity contribution in [2.45, 2.75) is 32.7 Å². The smallest absolute Gasteiger partial charge is 0.0108 e. The Hall–Kier alpha value is 1.67. The van der Waals surface area contributed by atoms with Crippen molar-refractivity contribution in [2.75, 3.05) is 53.9 Å². The van der Waals surface area contributed by atoms with Crippen LogP contribution in [0.25, 0.3) is 0 Å². The monoisotopic (exact) mass is 515 g/mol. The van der Waals surface area contributed by atoms with E-state index in [4.69, 9.17) is 0 Å². The van der Waals surface area contributed by atoms with E-state index < -0.39 is 0 Å². The Bertz CT molecular complexity index is 180. The molecule has 0 atom stereocenters. The first-order valence-corrected chi connectivity index (χ1v) is 6.84. The van der Waals surface area contributed by atoms with Gasteiger partial charge in [0.05, 0.1) is 0 Å². The van der Waals surface area contributed by atoms with Crippen LogP contribution in [0.2, 0.25) is 0 Å². The Morgan fingerprint density at radius 3 is 1.89 bits per heavy atom. The minimum atomic E-state index is 0. The maximum atomic E-state index is 3.96. The molecule has 19 heavy (non-hydrogen) atoms. The number of likely N-dealkylation sites (N-methyl/N-ethyl adjacent to an activating group) is 1. The predicted molar refractivity (Wildman–Crippen MR) is 77.4 cm³/mol. The summed E-state index contributed by atoms with van der Waals surface area (Å²) in [4.78, 5) is 7.19. The molecule has 0 aromatic carbocycles. The van der Waals surface area contributed by atoms with Gasteiger partial charge in [-0.2, -0.15) is 6.42 Å². The molecule has 0 unspecified atom stereocenters. The summed E-state index contributed by atoms with van der Waals surface area (Å²) < 4.78 is 0. The van der Waals surface area contributed by atoms with Gasteiger partial charge in [-0.25, -0.2) is 0 Å². The molecule has 0 saturated heterocycles. The van der Waals surface area contributed by atoms with Gasteiger partial charge in [0.1, 0.15) is 0 Å². The molecule has 3 nitrogen and oxygen atoms in total. The van der Waals surface area contributed by atoms with Gasteiger partial charge in [0.15, 0.2) is 0 Å². The fourth-order valence-corrected chi connectivity index (χ4v) is 1.70. The number of hydrogen-bond acceptors (Lipinski definition) is 3. The van der Waals surface area contributed by atoms with Gasteiger partial charge >= 0.3 is 0 Å². The fraction of sp³-hybridized carbons (Fsp3) is 0.929. The number of rotatable bonds is 10. The Morgan fingerprint density at radius 1 is 0.895 bits per heavy atom. The molecule has 0 bridgehead atoms. The van der Waals surface area contributed by atoms with E-state index in [1.54, 1.807) is 0 Å². The van der Waals surface area contributed by atoms with E-state index >= 15 is 0 Å². The molecule has 0 fully saturated rings. The van der Waals surface area contributed by atoms with Crippen LogP contribution in [0, 0.1) is 6.92 Å². The first kappa shape index (κ1) is 25.6. The summed E-state index contributed by atoms with van der Waals surface area (Å²) in [5, 5.41) is 0. The summed E-state index contributed by atoms with van der Waals surface area (Å²) in [6.07, 6.45) is 2.26. The third-order valence-electron chi connectivity index (χ3n) is 3.20. The van der Waals surface area contributed by atoms with Crippen molar-refractivity contribution < 1.29 is 53.8 Å². The number of nitrogens with zero attached hydrogens (tertiary/aromatic N) is 3. The zero-order valence-electron chi connectivity index (χ0n) is 13.6. The second-order valence-electron chi connectivity index (χ2n) is 5.43. The average Bonchev–Trinajstić information content (AvgIpc) is 2.25. The van der Waals surface area contributed by atoms with Gasteiger partial charge in [0.25, 0.3) is 0 Å². The minimum absolute atomic E-state index is 0. The largest absolute Gasteiger partial charge is 0.342 e. The van der Waals surface area contributed by atoms with Gasteiger partial charge in [-0.1, -0.05) is 0 Å². The second-order valence-corrected chi connectivity index (χ2v) is 5.43. The standard InChI is InChI=1S/C14H32N3.W.Y/c1-7-9-17(13-12-15(4)5)11-8-10-16(6)14(2)3;;/h14H,1,7-13H2,2-6H3;;/q-1;;. The van der Waals surface area contributed by atoms with E-state index in [0.717, 1.165) is 26.1 Å². The van der Waals surface area contributed by atoms with Crippen molar-refractivity contribution in [3.05, 3.63) is 6.92 Å². The first-order valence-electron chi connectivity index (χ1n) is 6.84. The molecule has 0 aliphatic heterocycles. The van der Waals surface area contributed by atoms with E-state index in [2.05, 4.69) is 56.6 Å². The summed E-state index contributed by atoms with van der Waals surface area (Å²) in [5.41, 5.74) is 0. The zero-order valence-corrected chi connectivity index (χ0v) is 19.3. The van der Waals surface area contributed by atoms with Crippen molar-refractivity contribution >= 4 is 0 Å².